The van der Waals surface area contributed by atoms with Crippen LogP contribution in [-0.4, -0.2) is 33.7 Å². The molecular weight excluding hydrogens is 412 g/mol. The lowest BCUT2D eigenvalue weighted by Gasteiger charge is -2.25. The third-order valence-electron chi connectivity index (χ3n) is 4.13. The molecule has 29 heavy (non-hydrogen) atoms. The van der Waals surface area contributed by atoms with Crippen LogP contribution in [-0.2, 0) is 21.3 Å². The van der Waals surface area contributed by atoms with Gasteiger partial charge in [0.2, 0.25) is 0 Å². The zero-order valence-corrected chi connectivity index (χ0v) is 17.4. The van der Waals surface area contributed by atoms with Crippen molar-refractivity contribution in [2.24, 2.45) is 0 Å². The molecule has 1 aromatic heterocycles. The van der Waals surface area contributed by atoms with Gasteiger partial charge in [0.15, 0.2) is 0 Å². The number of hydrogen-bond acceptors (Lipinski definition) is 5. The molecular formula is C21H21ClN2O4S. The number of sulfonamides is 1. The summed E-state index contributed by atoms with van der Waals surface area (Å²) in [6.45, 7) is 0.986. The summed E-state index contributed by atoms with van der Waals surface area (Å²) in [7, 11) is -2.23. The van der Waals surface area contributed by atoms with Crippen LogP contribution in [0.4, 0.5) is 5.69 Å². The number of anilines is 1. The Morgan fingerprint density at radius 3 is 2.34 bits per heavy atom. The molecule has 0 fully saturated rings. The molecule has 0 saturated heterocycles. The first-order valence-corrected chi connectivity index (χ1v) is 10.7. The van der Waals surface area contributed by atoms with Gasteiger partial charge in [-0.05, 0) is 60.2 Å². The molecule has 0 aliphatic heterocycles. The summed E-state index contributed by atoms with van der Waals surface area (Å²) in [6, 6.07) is 16.6. The Kier molecular flexibility index (Phi) is 7.09. The van der Waals surface area contributed by atoms with Gasteiger partial charge >= 0.3 is 0 Å². The summed E-state index contributed by atoms with van der Waals surface area (Å²) in [6.07, 6.45) is 3.29. The number of hydrogen-bond donors (Lipinski definition) is 0. The number of rotatable bonds is 9. The highest BCUT2D eigenvalue weighted by Gasteiger charge is 2.25. The predicted molar refractivity (Wildman–Crippen MR) is 113 cm³/mol. The van der Waals surface area contributed by atoms with Gasteiger partial charge in [-0.15, -0.1) is 0 Å². The third kappa shape index (κ3) is 5.47. The minimum atomic E-state index is -3.82. The van der Waals surface area contributed by atoms with Gasteiger partial charge in [-0.3, -0.25) is 9.29 Å². The van der Waals surface area contributed by atoms with Crippen LogP contribution < -0.4 is 9.04 Å². The van der Waals surface area contributed by atoms with E-state index in [-0.39, 0.29) is 11.4 Å². The van der Waals surface area contributed by atoms with Crippen LogP contribution in [0.15, 0.2) is 78.0 Å². The number of methoxy groups -OCH3 is 1. The summed E-state index contributed by atoms with van der Waals surface area (Å²) in [5.74, 6) is 0.575. The van der Waals surface area contributed by atoms with Crippen LogP contribution in [0.5, 0.6) is 5.75 Å². The van der Waals surface area contributed by atoms with E-state index in [0.29, 0.717) is 29.7 Å². The fraction of sp³-hybridized carbons (Fsp3) is 0.190. The molecule has 0 radical (unpaired) electrons. The van der Waals surface area contributed by atoms with Crippen molar-refractivity contribution in [3.05, 3.63) is 83.6 Å². The van der Waals surface area contributed by atoms with Crippen molar-refractivity contribution in [3.63, 3.8) is 0 Å². The summed E-state index contributed by atoms with van der Waals surface area (Å²) in [4.78, 5) is 4.24. The first-order valence-electron chi connectivity index (χ1n) is 8.90. The van der Waals surface area contributed by atoms with E-state index >= 15 is 0 Å². The molecule has 2 aromatic carbocycles. The SMILES string of the molecule is COCCOc1ccc(S(=O)(=O)N(Cc2cccnc2)c2ccc(Cl)cc2)cc1. The molecule has 0 spiro atoms. The van der Waals surface area contributed by atoms with Gasteiger partial charge in [-0.2, -0.15) is 0 Å². The van der Waals surface area contributed by atoms with Gasteiger partial charge in [0, 0.05) is 24.5 Å². The summed E-state index contributed by atoms with van der Waals surface area (Å²) >= 11 is 5.98. The highest BCUT2D eigenvalue weighted by molar-refractivity contribution is 7.92. The molecule has 0 N–H and O–H groups in total. The monoisotopic (exact) mass is 432 g/mol. The average molecular weight is 433 g/mol. The zero-order chi connectivity index (χ0) is 20.7. The Balaban J connectivity index is 1.91. The average Bonchev–Trinajstić information content (AvgIpc) is 2.74. The van der Waals surface area contributed by atoms with E-state index in [4.69, 9.17) is 21.1 Å². The van der Waals surface area contributed by atoms with Crippen molar-refractivity contribution in [2.45, 2.75) is 11.4 Å². The van der Waals surface area contributed by atoms with E-state index < -0.39 is 10.0 Å². The maximum atomic E-state index is 13.4. The molecule has 0 unspecified atom stereocenters. The van der Waals surface area contributed by atoms with Crippen LogP contribution >= 0.6 is 11.6 Å². The maximum Gasteiger partial charge on any atom is 0.264 e. The number of nitrogens with zero attached hydrogens (tertiary/aromatic N) is 2. The molecule has 8 heteroatoms. The van der Waals surface area contributed by atoms with Gasteiger partial charge in [0.1, 0.15) is 12.4 Å². The minimum absolute atomic E-state index is 0.143. The molecule has 3 aromatic rings. The van der Waals surface area contributed by atoms with Crippen molar-refractivity contribution < 1.29 is 17.9 Å². The van der Waals surface area contributed by atoms with E-state index in [9.17, 15) is 8.42 Å². The van der Waals surface area contributed by atoms with Crippen LogP contribution in [0.25, 0.3) is 0 Å². The van der Waals surface area contributed by atoms with Crippen LogP contribution in [0.1, 0.15) is 5.56 Å². The maximum absolute atomic E-state index is 13.4. The molecule has 152 valence electrons. The standard InChI is InChI=1S/C21H21ClN2O4S/c1-27-13-14-28-20-8-10-21(11-9-20)29(25,26)24(16-17-3-2-12-23-15-17)19-6-4-18(22)5-7-19/h2-12,15H,13-14,16H2,1H3. The Morgan fingerprint density at radius 2 is 1.72 bits per heavy atom. The van der Waals surface area contributed by atoms with Gasteiger partial charge in [0.25, 0.3) is 10.0 Å². The van der Waals surface area contributed by atoms with E-state index in [1.807, 2.05) is 6.07 Å². The van der Waals surface area contributed by atoms with Gasteiger partial charge < -0.3 is 9.47 Å². The van der Waals surface area contributed by atoms with Gasteiger partial charge in [0.05, 0.1) is 23.7 Å². The van der Waals surface area contributed by atoms with Crippen molar-refractivity contribution in [1.82, 2.24) is 4.98 Å². The highest BCUT2D eigenvalue weighted by Crippen LogP contribution is 2.28. The molecule has 3 rings (SSSR count). The quantitative estimate of drug-likeness (QED) is 0.475. The number of pyridine rings is 1. The topological polar surface area (TPSA) is 68.7 Å². The smallest absolute Gasteiger partial charge is 0.264 e. The Bertz CT molecular complexity index is 1010. The lowest BCUT2D eigenvalue weighted by Crippen LogP contribution is -2.30. The van der Waals surface area contributed by atoms with E-state index in [1.54, 1.807) is 62.0 Å². The summed E-state index contributed by atoms with van der Waals surface area (Å²) in [5.41, 5.74) is 1.28. The lowest BCUT2D eigenvalue weighted by atomic mass is 10.2. The molecule has 0 atom stereocenters. The molecule has 0 aliphatic rings. The summed E-state index contributed by atoms with van der Waals surface area (Å²) < 4.78 is 38.6. The van der Waals surface area contributed by atoms with E-state index in [0.717, 1.165) is 5.56 Å². The Morgan fingerprint density at radius 1 is 1.00 bits per heavy atom. The molecule has 1 heterocycles. The molecule has 0 aliphatic carbocycles. The van der Waals surface area contributed by atoms with Gasteiger partial charge in [-0.1, -0.05) is 17.7 Å². The van der Waals surface area contributed by atoms with Crippen LogP contribution in [0.3, 0.4) is 0 Å². The first kappa shape index (κ1) is 21.1. The largest absolute Gasteiger partial charge is 0.491 e. The zero-order valence-electron chi connectivity index (χ0n) is 15.9. The predicted octanol–water partition coefficient (Wildman–Crippen LogP) is 4.16. The van der Waals surface area contributed by atoms with Crippen LogP contribution in [0.2, 0.25) is 5.02 Å². The fourth-order valence-electron chi connectivity index (χ4n) is 2.66. The first-order chi connectivity index (χ1) is 14.0. The highest BCUT2D eigenvalue weighted by atomic mass is 35.5. The van der Waals surface area contributed by atoms with Crippen LogP contribution in [0, 0.1) is 0 Å². The van der Waals surface area contributed by atoms with E-state index in [2.05, 4.69) is 4.98 Å². The molecule has 0 saturated carbocycles. The van der Waals surface area contributed by atoms with Crippen molar-refractivity contribution in [2.75, 3.05) is 24.6 Å². The van der Waals surface area contributed by atoms with Crippen molar-refractivity contribution in [3.8, 4) is 5.75 Å². The minimum Gasteiger partial charge on any atom is -0.491 e. The van der Waals surface area contributed by atoms with Gasteiger partial charge in [-0.25, -0.2) is 8.42 Å². The second kappa shape index (κ2) is 9.73. The van der Waals surface area contributed by atoms with Crippen molar-refractivity contribution in [1.29, 1.82) is 0 Å². The Hall–Kier alpha value is -2.61. The number of halogens is 1. The normalized spacial score (nSPS) is 11.2. The fourth-order valence-corrected chi connectivity index (χ4v) is 4.24. The molecule has 0 amide bonds. The number of aromatic nitrogens is 1. The lowest BCUT2D eigenvalue weighted by molar-refractivity contribution is 0.146. The second-order valence-corrected chi connectivity index (χ2v) is 8.46. The number of benzene rings is 2. The molecule has 0 bridgehead atoms. The Labute approximate surface area is 175 Å². The number of ether oxygens (including phenoxy) is 2. The van der Waals surface area contributed by atoms with Crippen molar-refractivity contribution >= 4 is 27.3 Å². The second-order valence-electron chi connectivity index (χ2n) is 6.16. The summed E-state index contributed by atoms with van der Waals surface area (Å²) in [5, 5.41) is 0.532. The molecule has 6 nitrogen and oxygen atoms in total. The van der Waals surface area contributed by atoms with E-state index in [1.165, 1.54) is 16.4 Å². The third-order valence-corrected chi connectivity index (χ3v) is 6.17.